The van der Waals surface area contributed by atoms with Crippen LogP contribution >= 0.6 is 0 Å². The van der Waals surface area contributed by atoms with Gasteiger partial charge in [-0.15, -0.1) is 0 Å². The smallest absolute Gasteiger partial charge is 0.0146 e. The lowest BCUT2D eigenvalue weighted by molar-refractivity contribution is 0.0305. The zero-order valence-corrected chi connectivity index (χ0v) is 8.41. The van der Waals surface area contributed by atoms with Gasteiger partial charge in [0, 0.05) is 18.0 Å². The molecule has 2 aliphatic carbocycles. The topological polar surface area (TPSA) is 12.0 Å². The van der Waals surface area contributed by atoms with E-state index in [1.54, 1.807) is 0 Å². The summed E-state index contributed by atoms with van der Waals surface area (Å²) in [7, 11) is 0. The van der Waals surface area contributed by atoms with Gasteiger partial charge in [0.2, 0.25) is 0 Å². The summed E-state index contributed by atoms with van der Waals surface area (Å²) in [4.78, 5) is 0. The van der Waals surface area contributed by atoms with Gasteiger partial charge in [-0.2, -0.15) is 0 Å². The molecular weight excluding hydrogens is 146 g/mol. The van der Waals surface area contributed by atoms with Gasteiger partial charge in [0.05, 0.1) is 0 Å². The molecule has 12 heavy (non-hydrogen) atoms. The Morgan fingerprint density at radius 1 is 1.17 bits per heavy atom. The van der Waals surface area contributed by atoms with Gasteiger partial charge in [0.25, 0.3) is 0 Å². The van der Waals surface area contributed by atoms with E-state index in [0.29, 0.717) is 10.8 Å². The molecule has 1 spiro atoms. The standard InChI is InChI=1S/C11H19N/c1-9(2)4-8-11(7-12-8)6-10(11,3)5-9/h8,12H,4-7H2,1-3H3. The van der Waals surface area contributed by atoms with Gasteiger partial charge in [0.1, 0.15) is 0 Å². The third-order valence-electron chi connectivity index (χ3n) is 4.74. The Bertz CT molecular complexity index is 245. The summed E-state index contributed by atoms with van der Waals surface area (Å²) < 4.78 is 0. The molecule has 0 amide bonds. The Balaban J connectivity index is 1.93. The van der Waals surface area contributed by atoms with Crippen LogP contribution in [0.3, 0.4) is 0 Å². The van der Waals surface area contributed by atoms with Gasteiger partial charge in [0.15, 0.2) is 0 Å². The summed E-state index contributed by atoms with van der Waals surface area (Å²) in [5.74, 6) is 0. The molecule has 1 aliphatic heterocycles. The first-order valence-corrected chi connectivity index (χ1v) is 5.21. The highest BCUT2D eigenvalue weighted by Crippen LogP contribution is 2.76. The van der Waals surface area contributed by atoms with Crippen LogP contribution in [0.4, 0.5) is 0 Å². The fourth-order valence-corrected chi connectivity index (χ4v) is 4.15. The van der Waals surface area contributed by atoms with E-state index < -0.39 is 0 Å². The maximum absolute atomic E-state index is 3.61. The van der Waals surface area contributed by atoms with Gasteiger partial charge >= 0.3 is 0 Å². The third-order valence-corrected chi connectivity index (χ3v) is 4.74. The lowest BCUT2D eigenvalue weighted by Gasteiger charge is -2.51. The Hall–Kier alpha value is -0.0400. The van der Waals surface area contributed by atoms with Gasteiger partial charge < -0.3 is 5.32 Å². The average Bonchev–Trinajstić information content (AvgIpc) is 2.49. The number of hydrogen-bond donors (Lipinski definition) is 1. The molecule has 0 radical (unpaired) electrons. The van der Waals surface area contributed by atoms with Gasteiger partial charge in [-0.1, -0.05) is 20.8 Å². The fraction of sp³-hybridized carbons (Fsp3) is 1.00. The summed E-state index contributed by atoms with van der Waals surface area (Å²) in [5, 5.41) is 3.61. The quantitative estimate of drug-likeness (QED) is 0.580. The molecule has 1 heterocycles. The molecule has 0 aromatic heterocycles. The van der Waals surface area contributed by atoms with Crippen molar-refractivity contribution in [1.82, 2.24) is 5.32 Å². The van der Waals surface area contributed by atoms with E-state index in [0.717, 1.165) is 11.5 Å². The maximum Gasteiger partial charge on any atom is 0.0146 e. The van der Waals surface area contributed by atoms with Gasteiger partial charge in [-0.05, 0) is 30.1 Å². The Kier molecular flexibility index (Phi) is 0.991. The molecule has 0 aromatic carbocycles. The first kappa shape index (κ1) is 7.37. The summed E-state index contributed by atoms with van der Waals surface area (Å²) in [6, 6.07) is 0.867. The first-order chi connectivity index (χ1) is 5.48. The monoisotopic (exact) mass is 165 g/mol. The van der Waals surface area contributed by atoms with E-state index >= 15 is 0 Å². The lowest BCUT2D eigenvalue weighted by Crippen LogP contribution is -2.61. The number of nitrogens with one attached hydrogen (secondary N) is 1. The van der Waals surface area contributed by atoms with Crippen LogP contribution in [0.5, 0.6) is 0 Å². The zero-order chi connectivity index (χ0) is 8.61. The highest BCUT2D eigenvalue weighted by atomic mass is 15.1. The van der Waals surface area contributed by atoms with E-state index in [1.807, 2.05) is 0 Å². The molecule has 3 fully saturated rings. The third kappa shape index (κ3) is 0.618. The molecule has 3 aliphatic rings. The minimum Gasteiger partial charge on any atom is -0.313 e. The second kappa shape index (κ2) is 1.61. The van der Waals surface area contributed by atoms with Crippen molar-refractivity contribution < 1.29 is 0 Å². The van der Waals surface area contributed by atoms with E-state index in [-0.39, 0.29) is 0 Å². The molecule has 1 N–H and O–H groups in total. The van der Waals surface area contributed by atoms with Crippen molar-refractivity contribution in [3.05, 3.63) is 0 Å². The SMILES string of the molecule is CC1(C)CC2NCC23CC3(C)C1. The van der Waals surface area contributed by atoms with E-state index in [2.05, 4.69) is 26.1 Å². The summed E-state index contributed by atoms with van der Waals surface area (Å²) >= 11 is 0. The van der Waals surface area contributed by atoms with Gasteiger partial charge in [-0.25, -0.2) is 0 Å². The molecule has 1 heteroatoms. The van der Waals surface area contributed by atoms with Crippen molar-refractivity contribution >= 4 is 0 Å². The van der Waals surface area contributed by atoms with Crippen LogP contribution in [0.2, 0.25) is 0 Å². The summed E-state index contributed by atoms with van der Waals surface area (Å²) in [6.07, 6.45) is 4.36. The fourth-order valence-electron chi connectivity index (χ4n) is 4.15. The second-order valence-corrected chi connectivity index (χ2v) is 6.37. The Morgan fingerprint density at radius 3 is 2.42 bits per heavy atom. The van der Waals surface area contributed by atoms with E-state index in [1.165, 1.54) is 25.8 Å². The second-order valence-electron chi connectivity index (χ2n) is 6.37. The molecule has 1 saturated heterocycles. The Morgan fingerprint density at radius 2 is 1.92 bits per heavy atom. The van der Waals surface area contributed by atoms with E-state index in [9.17, 15) is 0 Å². The van der Waals surface area contributed by atoms with Gasteiger partial charge in [-0.3, -0.25) is 0 Å². The number of rotatable bonds is 0. The molecule has 68 valence electrons. The first-order valence-electron chi connectivity index (χ1n) is 5.21. The molecule has 0 aromatic rings. The molecule has 2 saturated carbocycles. The normalized spacial score (nSPS) is 59.8. The van der Waals surface area contributed by atoms with Crippen molar-refractivity contribution in [2.45, 2.75) is 46.1 Å². The van der Waals surface area contributed by atoms with Crippen LogP contribution in [0.1, 0.15) is 40.0 Å². The van der Waals surface area contributed by atoms with Crippen LogP contribution in [0.15, 0.2) is 0 Å². The van der Waals surface area contributed by atoms with Crippen molar-refractivity contribution in [1.29, 1.82) is 0 Å². The molecule has 3 rings (SSSR count). The van der Waals surface area contributed by atoms with Crippen molar-refractivity contribution in [3.8, 4) is 0 Å². The molecule has 1 nitrogen and oxygen atoms in total. The highest BCUT2D eigenvalue weighted by Gasteiger charge is 2.74. The molecule has 0 bridgehead atoms. The minimum atomic E-state index is 0.590. The molecule has 3 unspecified atom stereocenters. The minimum absolute atomic E-state index is 0.590. The zero-order valence-electron chi connectivity index (χ0n) is 8.41. The van der Waals surface area contributed by atoms with Crippen molar-refractivity contribution in [2.24, 2.45) is 16.2 Å². The van der Waals surface area contributed by atoms with Crippen LogP contribution in [0.25, 0.3) is 0 Å². The molecular formula is C11H19N. The van der Waals surface area contributed by atoms with Crippen molar-refractivity contribution in [3.63, 3.8) is 0 Å². The average molecular weight is 165 g/mol. The van der Waals surface area contributed by atoms with E-state index in [4.69, 9.17) is 0 Å². The highest BCUT2D eigenvalue weighted by molar-refractivity contribution is 5.27. The van der Waals surface area contributed by atoms with Crippen LogP contribution in [-0.4, -0.2) is 12.6 Å². The predicted molar refractivity (Wildman–Crippen MR) is 50.0 cm³/mol. The lowest BCUT2D eigenvalue weighted by atomic mass is 9.62. The van der Waals surface area contributed by atoms with Crippen LogP contribution < -0.4 is 5.32 Å². The number of hydrogen-bond acceptors (Lipinski definition) is 1. The summed E-state index contributed by atoms with van der Waals surface area (Å²) in [6.45, 7) is 8.67. The van der Waals surface area contributed by atoms with Crippen LogP contribution in [-0.2, 0) is 0 Å². The summed E-state index contributed by atoms with van der Waals surface area (Å²) in [5.41, 5.74) is 2.07. The van der Waals surface area contributed by atoms with Crippen molar-refractivity contribution in [2.75, 3.05) is 6.54 Å². The predicted octanol–water partition coefficient (Wildman–Crippen LogP) is 2.17. The maximum atomic E-state index is 3.61. The largest absolute Gasteiger partial charge is 0.313 e. The van der Waals surface area contributed by atoms with Crippen LogP contribution in [0, 0.1) is 16.2 Å². The molecule has 3 atom stereocenters. The Labute approximate surface area is 74.9 Å².